The Bertz CT molecular complexity index is 679. The molecule has 0 saturated carbocycles. The molecule has 25 heavy (non-hydrogen) atoms. The summed E-state index contributed by atoms with van der Waals surface area (Å²) in [6.45, 7) is 0.422. The first-order valence-electron chi connectivity index (χ1n) is 7.34. The fraction of sp³-hybridized carbons (Fsp3) is 0.375. The number of rotatable bonds is 6. The van der Waals surface area contributed by atoms with E-state index in [2.05, 4.69) is 20.0 Å². The van der Waals surface area contributed by atoms with Crippen molar-refractivity contribution in [1.82, 2.24) is 15.2 Å². The van der Waals surface area contributed by atoms with E-state index in [1.54, 1.807) is 30.5 Å². The molecule has 1 N–H and O–H groups in total. The number of hydrogen-bond donors (Lipinski definition) is 1. The fourth-order valence-electron chi connectivity index (χ4n) is 2.16. The molecule has 0 spiro atoms. The van der Waals surface area contributed by atoms with Crippen molar-refractivity contribution in [1.29, 1.82) is 0 Å². The third kappa shape index (κ3) is 6.73. The third-order valence-electron chi connectivity index (χ3n) is 3.39. The smallest absolute Gasteiger partial charge is 0.387 e. The number of ether oxygens (including phenoxy) is 1. The quantitative estimate of drug-likeness (QED) is 0.386. The minimum Gasteiger partial charge on any atom is -0.435 e. The van der Waals surface area contributed by atoms with Crippen molar-refractivity contribution < 1.29 is 13.5 Å². The first-order valence-corrected chi connectivity index (χ1v) is 8.22. The van der Waals surface area contributed by atoms with Gasteiger partial charge in [-0.3, -0.25) is 4.99 Å². The van der Waals surface area contributed by atoms with Gasteiger partial charge in [-0.2, -0.15) is 8.78 Å². The molecule has 0 bridgehead atoms. The predicted molar refractivity (Wildman–Crippen MR) is 107 cm³/mol. The summed E-state index contributed by atoms with van der Waals surface area (Å²) in [7, 11) is 3.64. The normalized spacial score (nSPS) is 11.2. The van der Waals surface area contributed by atoms with Gasteiger partial charge in [-0.25, -0.2) is 4.98 Å². The first kappa shape index (κ1) is 21.6. The van der Waals surface area contributed by atoms with E-state index in [1.165, 1.54) is 12.1 Å². The maximum atomic E-state index is 12.2. The van der Waals surface area contributed by atoms with Crippen LogP contribution in [-0.4, -0.2) is 36.6 Å². The van der Waals surface area contributed by atoms with E-state index in [-0.39, 0.29) is 29.7 Å². The summed E-state index contributed by atoms with van der Waals surface area (Å²) in [6, 6.07) is 6.59. The Morgan fingerprint density at radius 1 is 1.36 bits per heavy atom. The Kier molecular flexibility index (Phi) is 9.04. The number of nitrogens with one attached hydrogen (secondary N) is 1. The van der Waals surface area contributed by atoms with Crippen LogP contribution >= 0.6 is 35.3 Å². The number of alkyl halides is 2. The van der Waals surface area contributed by atoms with Crippen molar-refractivity contribution in [3.05, 3.63) is 45.9 Å². The highest BCUT2D eigenvalue weighted by molar-refractivity contribution is 14.0. The van der Waals surface area contributed by atoms with E-state index in [0.717, 1.165) is 22.1 Å². The third-order valence-corrected chi connectivity index (χ3v) is 4.33. The average Bonchev–Trinajstić information content (AvgIpc) is 2.95. The van der Waals surface area contributed by atoms with Crippen LogP contribution in [-0.2, 0) is 13.1 Å². The summed E-state index contributed by atoms with van der Waals surface area (Å²) in [6.07, 6.45) is 0. The van der Waals surface area contributed by atoms with Crippen molar-refractivity contribution in [3.63, 3.8) is 0 Å². The largest absolute Gasteiger partial charge is 0.435 e. The lowest BCUT2D eigenvalue weighted by Crippen LogP contribution is -2.38. The minimum atomic E-state index is -2.81. The number of nitrogens with zero attached hydrogens (tertiary/aromatic N) is 3. The standard InChI is InChI=1S/C16H20F2N4OS.HI/c1-11-14(24-10-21-11)8-20-16(19-2)22(3)9-12-4-6-13(7-5-12)23-15(17)18;/h4-7,10,15H,8-9H2,1-3H3,(H,19,20);1H. The van der Waals surface area contributed by atoms with Crippen LogP contribution in [0.25, 0.3) is 0 Å². The summed E-state index contributed by atoms with van der Waals surface area (Å²) in [5.74, 6) is 0.898. The Labute approximate surface area is 167 Å². The Balaban J connectivity index is 0.00000312. The molecule has 0 atom stereocenters. The Morgan fingerprint density at radius 3 is 2.56 bits per heavy atom. The van der Waals surface area contributed by atoms with Crippen LogP contribution in [0.1, 0.15) is 16.1 Å². The number of thiazole rings is 1. The second-order valence-electron chi connectivity index (χ2n) is 5.14. The fourth-order valence-corrected chi connectivity index (χ4v) is 2.88. The van der Waals surface area contributed by atoms with E-state index < -0.39 is 6.61 Å². The zero-order valence-electron chi connectivity index (χ0n) is 14.2. The predicted octanol–water partition coefficient (Wildman–Crippen LogP) is 3.88. The summed E-state index contributed by atoms with van der Waals surface area (Å²) in [5, 5.41) is 3.29. The molecule has 2 aromatic rings. The lowest BCUT2D eigenvalue weighted by Gasteiger charge is -2.22. The number of aromatic nitrogens is 1. The maximum absolute atomic E-state index is 12.2. The van der Waals surface area contributed by atoms with Gasteiger partial charge in [0.2, 0.25) is 0 Å². The van der Waals surface area contributed by atoms with E-state index >= 15 is 0 Å². The summed E-state index contributed by atoms with van der Waals surface area (Å²) in [5.41, 5.74) is 3.80. The molecular formula is C16H21F2IN4OS. The van der Waals surface area contributed by atoms with Gasteiger partial charge in [-0.1, -0.05) is 12.1 Å². The molecule has 2 rings (SSSR count). The van der Waals surface area contributed by atoms with Crippen LogP contribution < -0.4 is 10.1 Å². The van der Waals surface area contributed by atoms with Crippen LogP contribution in [0.4, 0.5) is 8.78 Å². The molecule has 0 aliphatic rings. The van der Waals surface area contributed by atoms with Gasteiger partial charge in [0.15, 0.2) is 5.96 Å². The highest BCUT2D eigenvalue weighted by atomic mass is 127. The van der Waals surface area contributed by atoms with Crippen molar-refractivity contribution in [2.75, 3.05) is 14.1 Å². The number of aryl methyl sites for hydroxylation is 1. The molecule has 0 aliphatic carbocycles. The lowest BCUT2D eigenvalue weighted by atomic mass is 10.2. The molecule has 1 heterocycles. The second kappa shape index (κ2) is 10.5. The summed E-state index contributed by atoms with van der Waals surface area (Å²) in [4.78, 5) is 11.6. The van der Waals surface area contributed by atoms with Crippen molar-refractivity contribution >= 4 is 41.3 Å². The highest BCUT2D eigenvalue weighted by Gasteiger charge is 2.09. The van der Waals surface area contributed by atoms with Gasteiger partial charge in [0.25, 0.3) is 0 Å². The molecule has 0 unspecified atom stereocenters. The van der Waals surface area contributed by atoms with Gasteiger partial charge < -0.3 is 15.0 Å². The van der Waals surface area contributed by atoms with Crippen LogP contribution in [0.3, 0.4) is 0 Å². The van der Waals surface area contributed by atoms with Crippen molar-refractivity contribution in [3.8, 4) is 5.75 Å². The maximum Gasteiger partial charge on any atom is 0.387 e. The average molecular weight is 482 g/mol. The molecule has 0 fully saturated rings. The van der Waals surface area contributed by atoms with Crippen LogP contribution in [0.15, 0.2) is 34.8 Å². The first-order chi connectivity index (χ1) is 11.5. The molecule has 0 amide bonds. The number of benzene rings is 1. The van der Waals surface area contributed by atoms with Gasteiger partial charge in [-0.05, 0) is 24.6 Å². The molecule has 1 aromatic heterocycles. The topological polar surface area (TPSA) is 49.8 Å². The summed E-state index contributed by atoms with van der Waals surface area (Å²) < 4.78 is 28.7. The monoisotopic (exact) mass is 482 g/mol. The number of halogens is 3. The van der Waals surface area contributed by atoms with Crippen LogP contribution in [0.5, 0.6) is 5.75 Å². The molecule has 1 aromatic carbocycles. The zero-order valence-corrected chi connectivity index (χ0v) is 17.3. The molecular weight excluding hydrogens is 461 g/mol. The Morgan fingerprint density at radius 2 is 2.04 bits per heavy atom. The molecule has 0 radical (unpaired) electrons. The van der Waals surface area contributed by atoms with Gasteiger partial charge >= 0.3 is 6.61 Å². The minimum absolute atomic E-state index is 0. The van der Waals surface area contributed by atoms with E-state index in [9.17, 15) is 8.78 Å². The van der Waals surface area contributed by atoms with Gasteiger partial charge in [0, 0.05) is 25.5 Å². The van der Waals surface area contributed by atoms with E-state index in [4.69, 9.17) is 0 Å². The van der Waals surface area contributed by atoms with Crippen LogP contribution in [0, 0.1) is 6.92 Å². The number of aliphatic imine (C=N–C) groups is 1. The van der Waals surface area contributed by atoms with Gasteiger partial charge in [-0.15, -0.1) is 35.3 Å². The Hall–Kier alpha value is -1.49. The van der Waals surface area contributed by atoms with E-state index in [1.807, 2.05) is 24.4 Å². The number of guanidine groups is 1. The van der Waals surface area contributed by atoms with E-state index in [0.29, 0.717) is 13.1 Å². The molecule has 5 nitrogen and oxygen atoms in total. The lowest BCUT2D eigenvalue weighted by molar-refractivity contribution is -0.0498. The molecule has 0 aliphatic heterocycles. The molecule has 0 saturated heterocycles. The number of hydrogen-bond acceptors (Lipinski definition) is 4. The highest BCUT2D eigenvalue weighted by Crippen LogP contribution is 2.16. The second-order valence-corrected chi connectivity index (χ2v) is 6.08. The summed E-state index contributed by atoms with van der Waals surface area (Å²) >= 11 is 1.60. The van der Waals surface area contributed by atoms with Crippen molar-refractivity contribution in [2.24, 2.45) is 4.99 Å². The molecule has 138 valence electrons. The van der Waals surface area contributed by atoms with Crippen LogP contribution in [0.2, 0.25) is 0 Å². The SMILES string of the molecule is CN=C(NCc1scnc1C)N(C)Cc1ccc(OC(F)F)cc1.I. The van der Waals surface area contributed by atoms with Crippen molar-refractivity contribution in [2.45, 2.75) is 26.6 Å². The zero-order chi connectivity index (χ0) is 17.5. The van der Waals surface area contributed by atoms with Gasteiger partial charge in [0.1, 0.15) is 5.75 Å². The van der Waals surface area contributed by atoms with Gasteiger partial charge in [0.05, 0.1) is 17.7 Å². The molecule has 9 heteroatoms.